The molecule has 0 bridgehead atoms. The van der Waals surface area contributed by atoms with Crippen LogP contribution in [0.2, 0.25) is 0 Å². The Morgan fingerprint density at radius 2 is 2.00 bits per heavy atom. The maximum absolute atomic E-state index is 12.9. The molecule has 0 radical (unpaired) electrons. The van der Waals surface area contributed by atoms with E-state index in [1.807, 2.05) is 6.07 Å². The Balaban J connectivity index is 1.40. The Hall–Kier alpha value is -2.80. The van der Waals surface area contributed by atoms with Crippen molar-refractivity contribution in [3.8, 4) is 0 Å². The van der Waals surface area contributed by atoms with Gasteiger partial charge in [0.15, 0.2) is 0 Å². The van der Waals surface area contributed by atoms with E-state index in [1.165, 1.54) is 34.7 Å². The molecule has 0 unspecified atom stereocenters. The summed E-state index contributed by atoms with van der Waals surface area (Å²) in [5.41, 5.74) is 3.39. The van der Waals surface area contributed by atoms with Crippen LogP contribution in [-0.2, 0) is 19.5 Å². The lowest BCUT2D eigenvalue weighted by atomic mass is 10.1. The molecule has 4 rings (SSSR count). The fraction of sp³-hybridized carbons (Fsp3) is 0.250. The monoisotopic (exact) mass is 382 g/mol. The van der Waals surface area contributed by atoms with Crippen LogP contribution in [0.25, 0.3) is 0 Å². The highest BCUT2D eigenvalue weighted by molar-refractivity contribution is 7.13. The first-order chi connectivity index (χ1) is 13.1. The molecule has 1 N–H and O–H groups in total. The molecule has 5 nitrogen and oxygen atoms in total. The lowest BCUT2D eigenvalue weighted by molar-refractivity contribution is 0.0950. The maximum atomic E-state index is 12.9. The number of nitrogens with zero attached hydrogens (tertiary/aromatic N) is 3. The lowest BCUT2D eigenvalue weighted by Crippen LogP contribution is -2.28. The van der Waals surface area contributed by atoms with Crippen molar-refractivity contribution in [1.82, 2.24) is 15.5 Å². The molecule has 138 valence electrons. The molecule has 3 aromatic rings. The first-order valence-corrected chi connectivity index (χ1v) is 9.61. The van der Waals surface area contributed by atoms with E-state index in [-0.39, 0.29) is 11.7 Å². The standard InChI is InChI=1S/C20H19FN4OS/c1-13-10-15-4-2-3-5-17(15)25(13)12-18-23-24-20(27-18)19(26)22-11-14-6-8-16(21)9-7-14/h2-9,13H,10-12H2,1H3,(H,22,26)/t13-/m0/s1. The number of amides is 1. The average Bonchev–Trinajstić information content (AvgIpc) is 3.26. The number of fused-ring (bicyclic) bond motifs is 1. The van der Waals surface area contributed by atoms with Crippen LogP contribution in [0, 0.1) is 5.82 Å². The van der Waals surface area contributed by atoms with Gasteiger partial charge < -0.3 is 10.2 Å². The largest absolute Gasteiger partial charge is 0.361 e. The number of carbonyl (C=O) groups excluding carboxylic acids is 1. The van der Waals surface area contributed by atoms with Crippen molar-refractivity contribution < 1.29 is 9.18 Å². The van der Waals surface area contributed by atoms with Gasteiger partial charge in [-0.1, -0.05) is 41.7 Å². The molecule has 27 heavy (non-hydrogen) atoms. The van der Waals surface area contributed by atoms with Crippen molar-refractivity contribution in [1.29, 1.82) is 0 Å². The van der Waals surface area contributed by atoms with E-state index in [0.29, 0.717) is 24.1 Å². The molecule has 0 saturated carbocycles. The summed E-state index contributed by atoms with van der Waals surface area (Å²) in [5, 5.41) is 12.2. The number of carbonyl (C=O) groups is 1. The Kier molecular flexibility index (Phi) is 4.85. The van der Waals surface area contributed by atoms with Gasteiger partial charge in [-0.05, 0) is 42.7 Å². The van der Waals surface area contributed by atoms with Crippen LogP contribution < -0.4 is 10.2 Å². The van der Waals surface area contributed by atoms with Crippen molar-refractivity contribution >= 4 is 22.9 Å². The third-order valence-electron chi connectivity index (χ3n) is 4.68. The Labute approximate surface area is 160 Å². The van der Waals surface area contributed by atoms with Gasteiger partial charge in [-0.2, -0.15) is 0 Å². The minimum absolute atomic E-state index is 0.266. The fourth-order valence-electron chi connectivity index (χ4n) is 3.29. The molecule has 1 amide bonds. The van der Waals surface area contributed by atoms with Crippen molar-refractivity contribution in [3.63, 3.8) is 0 Å². The van der Waals surface area contributed by atoms with Crippen molar-refractivity contribution in [3.05, 3.63) is 75.5 Å². The highest BCUT2D eigenvalue weighted by atomic mass is 32.1. The molecule has 1 aromatic heterocycles. The zero-order chi connectivity index (χ0) is 18.8. The number of hydrogen-bond donors (Lipinski definition) is 1. The van der Waals surface area contributed by atoms with E-state index in [4.69, 9.17) is 0 Å². The second kappa shape index (κ2) is 7.44. The van der Waals surface area contributed by atoms with Crippen LogP contribution in [0.15, 0.2) is 48.5 Å². The summed E-state index contributed by atoms with van der Waals surface area (Å²) >= 11 is 1.31. The fourth-order valence-corrected chi connectivity index (χ4v) is 4.04. The van der Waals surface area contributed by atoms with Gasteiger partial charge in [-0.15, -0.1) is 10.2 Å². The lowest BCUT2D eigenvalue weighted by Gasteiger charge is -2.23. The van der Waals surface area contributed by atoms with Gasteiger partial charge in [-0.3, -0.25) is 4.79 Å². The Morgan fingerprint density at radius 1 is 1.22 bits per heavy atom. The third-order valence-corrected chi connectivity index (χ3v) is 5.59. The van der Waals surface area contributed by atoms with Crippen molar-refractivity contribution in [2.24, 2.45) is 0 Å². The first kappa shape index (κ1) is 17.6. The molecule has 1 atom stereocenters. The molecule has 1 aliphatic heterocycles. The number of benzene rings is 2. The molecule has 7 heteroatoms. The smallest absolute Gasteiger partial charge is 0.282 e. The van der Waals surface area contributed by atoms with E-state index >= 15 is 0 Å². The quantitative estimate of drug-likeness (QED) is 0.733. The molecule has 2 heterocycles. The molecular formula is C20H19FN4OS. The van der Waals surface area contributed by atoms with Crippen LogP contribution in [-0.4, -0.2) is 22.1 Å². The highest BCUT2D eigenvalue weighted by Crippen LogP contribution is 2.33. The van der Waals surface area contributed by atoms with Gasteiger partial charge in [-0.25, -0.2) is 4.39 Å². The van der Waals surface area contributed by atoms with Gasteiger partial charge in [0.05, 0.1) is 6.54 Å². The number of para-hydroxylation sites is 1. The van der Waals surface area contributed by atoms with E-state index < -0.39 is 0 Å². The Morgan fingerprint density at radius 3 is 2.81 bits per heavy atom. The summed E-state index contributed by atoms with van der Waals surface area (Å²) in [6.45, 7) is 3.16. The summed E-state index contributed by atoms with van der Waals surface area (Å²) < 4.78 is 12.9. The summed E-state index contributed by atoms with van der Waals surface area (Å²) in [6.07, 6.45) is 1.01. The predicted molar refractivity (Wildman–Crippen MR) is 103 cm³/mol. The molecule has 0 aliphatic carbocycles. The normalized spacial score (nSPS) is 15.6. The van der Waals surface area contributed by atoms with Crippen LogP contribution in [0.5, 0.6) is 0 Å². The minimum Gasteiger partial charge on any atom is -0.361 e. The van der Waals surface area contributed by atoms with Crippen molar-refractivity contribution in [2.75, 3.05) is 4.90 Å². The van der Waals surface area contributed by atoms with Crippen LogP contribution in [0.1, 0.15) is 32.9 Å². The topological polar surface area (TPSA) is 58.1 Å². The van der Waals surface area contributed by atoms with Gasteiger partial charge >= 0.3 is 0 Å². The van der Waals surface area contributed by atoms with Gasteiger partial charge in [0.1, 0.15) is 10.8 Å². The number of aromatic nitrogens is 2. The minimum atomic E-state index is -0.295. The molecule has 0 spiro atoms. The number of halogens is 1. The third kappa shape index (κ3) is 3.83. The molecular weight excluding hydrogens is 363 g/mol. The molecule has 0 fully saturated rings. The van der Waals surface area contributed by atoms with Crippen LogP contribution >= 0.6 is 11.3 Å². The summed E-state index contributed by atoms with van der Waals surface area (Å²) in [4.78, 5) is 14.6. The molecule has 0 saturated heterocycles. The SMILES string of the molecule is C[C@H]1Cc2ccccc2N1Cc1nnc(C(=O)NCc2ccc(F)cc2)s1. The molecule has 2 aromatic carbocycles. The van der Waals surface area contributed by atoms with Gasteiger partial charge in [0.25, 0.3) is 5.91 Å². The van der Waals surface area contributed by atoms with Crippen LogP contribution in [0.4, 0.5) is 10.1 Å². The van der Waals surface area contributed by atoms with Crippen LogP contribution in [0.3, 0.4) is 0 Å². The van der Waals surface area contributed by atoms with Gasteiger partial charge in [0.2, 0.25) is 5.01 Å². The van der Waals surface area contributed by atoms with Crippen molar-refractivity contribution in [2.45, 2.75) is 32.5 Å². The van der Waals surface area contributed by atoms with E-state index in [9.17, 15) is 9.18 Å². The summed E-state index contributed by atoms with van der Waals surface area (Å²) in [7, 11) is 0. The summed E-state index contributed by atoms with van der Waals surface area (Å²) in [5.74, 6) is -0.561. The zero-order valence-electron chi connectivity index (χ0n) is 14.9. The summed E-state index contributed by atoms with van der Waals surface area (Å²) in [6, 6.07) is 14.8. The number of hydrogen-bond acceptors (Lipinski definition) is 5. The predicted octanol–water partition coefficient (Wildman–Crippen LogP) is 3.56. The van der Waals surface area contributed by atoms with E-state index in [0.717, 1.165) is 17.0 Å². The Bertz CT molecular complexity index is 957. The van der Waals surface area contributed by atoms with E-state index in [2.05, 4.69) is 45.5 Å². The maximum Gasteiger partial charge on any atom is 0.282 e. The molecule has 1 aliphatic rings. The van der Waals surface area contributed by atoms with Gasteiger partial charge in [0, 0.05) is 18.3 Å². The number of anilines is 1. The first-order valence-electron chi connectivity index (χ1n) is 8.80. The number of rotatable bonds is 5. The average molecular weight is 382 g/mol. The highest BCUT2D eigenvalue weighted by Gasteiger charge is 2.26. The van der Waals surface area contributed by atoms with E-state index in [1.54, 1.807) is 12.1 Å². The number of nitrogens with one attached hydrogen (secondary N) is 1. The zero-order valence-corrected chi connectivity index (χ0v) is 15.7. The second-order valence-electron chi connectivity index (χ2n) is 6.62. The second-order valence-corrected chi connectivity index (χ2v) is 7.68.